The van der Waals surface area contributed by atoms with Gasteiger partial charge in [0.15, 0.2) is 0 Å². The highest BCUT2D eigenvalue weighted by Crippen LogP contribution is 2.46. The maximum atomic E-state index is 6.46. The van der Waals surface area contributed by atoms with Crippen LogP contribution in [0.2, 0.25) is 0 Å². The summed E-state index contributed by atoms with van der Waals surface area (Å²) in [7, 11) is 0. The fraction of sp³-hybridized carbons (Fsp3) is 0. The van der Waals surface area contributed by atoms with Crippen LogP contribution < -0.4 is 0 Å². The molecule has 24 rings (SSSR count). The van der Waals surface area contributed by atoms with Crippen LogP contribution in [0, 0.1) is 0 Å². The van der Waals surface area contributed by atoms with Gasteiger partial charge in [0, 0.05) is 70.9 Å². The Bertz CT molecular complexity index is 7600. The van der Waals surface area contributed by atoms with E-state index in [1.165, 1.54) is 21.5 Å². The number of rotatable bonds is 6. The van der Waals surface area contributed by atoms with Gasteiger partial charge in [0.1, 0.15) is 33.5 Å². The van der Waals surface area contributed by atoms with Crippen LogP contribution in [0.5, 0.6) is 0 Å². The molecular weight excluding hydrogens is 1290 g/mol. The molecule has 0 radical (unpaired) electrons. The van der Waals surface area contributed by atoms with Crippen molar-refractivity contribution in [1.29, 1.82) is 0 Å². The molecule has 105 heavy (non-hydrogen) atoms. The Morgan fingerprint density at radius 3 is 1.04 bits per heavy atom. The number of aromatic nitrogens is 9. The van der Waals surface area contributed by atoms with E-state index in [1.807, 2.05) is 72.8 Å². The third-order valence-corrected chi connectivity index (χ3v) is 20.8. The van der Waals surface area contributed by atoms with Gasteiger partial charge in [-0.25, -0.2) is 15.0 Å². The van der Waals surface area contributed by atoms with Gasteiger partial charge in [-0.05, 0) is 146 Å². The Balaban J connectivity index is 0.0000000986. The lowest BCUT2D eigenvalue weighted by Gasteiger charge is -2.12. The lowest BCUT2D eigenvalue weighted by Crippen LogP contribution is -2.05. The van der Waals surface area contributed by atoms with Gasteiger partial charge in [-0.3, -0.25) is 27.4 Å². The van der Waals surface area contributed by atoms with Crippen LogP contribution in [0.25, 0.3) is 199 Å². The monoisotopic (exact) mass is 1350 g/mol. The van der Waals surface area contributed by atoms with Crippen LogP contribution in [0.3, 0.4) is 0 Å². The maximum Gasteiger partial charge on any atom is 0.220 e. The molecule has 9 heterocycles. The Kier molecular flexibility index (Phi) is 12.8. The van der Waals surface area contributed by atoms with Crippen LogP contribution in [-0.4, -0.2) is 42.4 Å². The van der Waals surface area contributed by atoms with Crippen molar-refractivity contribution >= 4 is 164 Å². The van der Waals surface area contributed by atoms with Crippen molar-refractivity contribution in [2.24, 2.45) is 0 Å². The second kappa shape index (κ2) is 23.0. The fourth-order valence-electron chi connectivity index (χ4n) is 16.4. The summed E-state index contributed by atoms with van der Waals surface area (Å²) in [6.45, 7) is 0. The molecule has 492 valence electrons. The highest BCUT2D eigenvalue weighted by molar-refractivity contribution is 6.28. The minimum Gasteiger partial charge on any atom is -0.456 e. The lowest BCUT2D eigenvalue weighted by molar-refractivity contribution is 0.669. The summed E-state index contributed by atoms with van der Waals surface area (Å²) in [5.74, 6) is 2.59. The first-order valence-electron chi connectivity index (χ1n) is 35.3. The molecule has 0 aliphatic rings. The van der Waals surface area contributed by atoms with Gasteiger partial charge in [0.05, 0.1) is 77.0 Å². The molecule has 0 spiro atoms. The van der Waals surface area contributed by atoms with Gasteiger partial charge in [-0.1, -0.05) is 200 Å². The van der Waals surface area contributed by atoms with Crippen LogP contribution in [0.4, 0.5) is 0 Å². The minimum absolute atomic E-state index is 0.860. The van der Waals surface area contributed by atoms with Crippen LogP contribution >= 0.6 is 0 Å². The van der Waals surface area contributed by atoms with E-state index in [-0.39, 0.29) is 0 Å². The SMILES string of the molecule is c1ccc(-n2c(-n3c4ccccc4c4c5c(ccc43)oc3ccccc35)nc3ccccc32)cc1.c1ccc(-n2c(-n3c4ccccc4c4c5oc6ccccc6c5ccc43)nc3ccccc32)cc1.c1ccc(-n2c(-n3c4ccccc4c4ccc5oc6ccccc6c5c43)nc3ccccc32)cc1. The predicted octanol–water partition coefficient (Wildman–Crippen LogP) is 24.1. The molecule has 24 aromatic rings. The summed E-state index contributed by atoms with van der Waals surface area (Å²) in [6, 6.07) is 120. The normalized spacial score (nSPS) is 12.0. The van der Waals surface area contributed by atoms with Gasteiger partial charge in [0.2, 0.25) is 17.8 Å². The van der Waals surface area contributed by atoms with Crippen molar-refractivity contribution in [3.05, 3.63) is 346 Å². The molecule has 12 nitrogen and oxygen atoms in total. The summed E-state index contributed by atoms with van der Waals surface area (Å²) in [4.78, 5) is 15.5. The first kappa shape index (κ1) is 58.3. The topological polar surface area (TPSA) is 108 Å². The minimum atomic E-state index is 0.860. The van der Waals surface area contributed by atoms with E-state index in [9.17, 15) is 0 Å². The number of benzene rings is 15. The third kappa shape index (κ3) is 8.77. The van der Waals surface area contributed by atoms with Gasteiger partial charge in [0.25, 0.3) is 0 Å². The zero-order valence-corrected chi connectivity index (χ0v) is 56.2. The third-order valence-electron chi connectivity index (χ3n) is 20.8. The Labute approximate surface area is 597 Å². The van der Waals surface area contributed by atoms with E-state index in [2.05, 4.69) is 300 Å². The molecule has 0 aliphatic carbocycles. The molecule has 15 aromatic carbocycles. The van der Waals surface area contributed by atoms with Crippen molar-refractivity contribution in [2.45, 2.75) is 0 Å². The highest BCUT2D eigenvalue weighted by Gasteiger charge is 2.27. The van der Waals surface area contributed by atoms with E-state index in [4.69, 9.17) is 28.2 Å². The Morgan fingerprint density at radius 1 is 0.181 bits per heavy atom. The number of nitrogens with zero attached hydrogens (tertiary/aromatic N) is 9. The van der Waals surface area contributed by atoms with E-state index < -0.39 is 0 Å². The number of hydrogen-bond donors (Lipinski definition) is 0. The molecule has 0 amide bonds. The molecule has 0 unspecified atom stereocenters. The molecule has 12 heteroatoms. The zero-order valence-electron chi connectivity index (χ0n) is 56.2. The highest BCUT2D eigenvalue weighted by atomic mass is 16.3. The van der Waals surface area contributed by atoms with E-state index in [0.717, 1.165) is 178 Å². The average Bonchev–Trinajstić information content (AvgIpc) is 1.57. The first-order chi connectivity index (χ1) is 52.1. The molecule has 0 atom stereocenters. The van der Waals surface area contributed by atoms with E-state index in [1.54, 1.807) is 0 Å². The largest absolute Gasteiger partial charge is 0.456 e. The smallest absolute Gasteiger partial charge is 0.220 e. The number of imidazole rings is 3. The van der Waals surface area contributed by atoms with Gasteiger partial charge < -0.3 is 13.3 Å². The summed E-state index contributed by atoms with van der Waals surface area (Å²) < 4.78 is 32.6. The van der Waals surface area contributed by atoms with Crippen molar-refractivity contribution in [1.82, 2.24) is 42.4 Å². The second-order valence-electron chi connectivity index (χ2n) is 26.6. The maximum absolute atomic E-state index is 6.46. The molecule has 0 saturated heterocycles. The van der Waals surface area contributed by atoms with Gasteiger partial charge >= 0.3 is 0 Å². The number of furan rings is 3. The second-order valence-corrected chi connectivity index (χ2v) is 26.6. The van der Waals surface area contributed by atoms with Crippen molar-refractivity contribution < 1.29 is 13.3 Å². The number of para-hydroxylation sites is 15. The number of fused-ring (bicyclic) bond motifs is 24. The van der Waals surface area contributed by atoms with E-state index >= 15 is 0 Å². The summed E-state index contributed by atoms with van der Waals surface area (Å²) in [5, 5.41) is 13.8. The molecule has 0 saturated carbocycles. The predicted molar refractivity (Wildman–Crippen MR) is 428 cm³/mol. The van der Waals surface area contributed by atoms with Crippen molar-refractivity contribution in [3.8, 4) is 34.9 Å². The van der Waals surface area contributed by atoms with Gasteiger partial charge in [-0.15, -0.1) is 0 Å². The molecule has 0 bridgehead atoms. The summed E-state index contributed by atoms with van der Waals surface area (Å²) in [5.41, 5.74) is 21.4. The van der Waals surface area contributed by atoms with Crippen molar-refractivity contribution in [3.63, 3.8) is 0 Å². The molecule has 0 aliphatic heterocycles. The van der Waals surface area contributed by atoms with Crippen LogP contribution in [-0.2, 0) is 0 Å². The lowest BCUT2D eigenvalue weighted by atomic mass is 10.1. The number of hydrogen-bond acceptors (Lipinski definition) is 6. The molecule has 0 fully saturated rings. The summed E-state index contributed by atoms with van der Waals surface area (Å²) >= 11 is 0. The molecular formula is C93H57N9O3. The first-order valence-corrected chi connectivity index (χ1v) is 35.3. The van der Waals surface area contributed by atoms with Gasteiger partial charge in [-0.2, -0.15) is 0 Å². The van der Waals surface area contributed by atoms with Crippen LogP contribution in [0.15, 0.2) is 359 Å². The van der Waals surface area contributed by atoms with Crippen molar-refractivity contribution in [2.75, 3.05) is 0 Å². The molecule has 9 aromatic heterocycles. The quantitative estimate of drug-likeness (QED) is 0.164. The Hall–Kier alpha value is -14.5. The van der Waals surface area contributed by atoms with E-state index in [0.29, 0.717) is 0 Å². The molecule has 0 N–H and O–H groups in total. The Morgan fingerprint density at radius 2 is 0.524 bits per heavy atom. The average molecular weight is 1350 g/mol. The van der Waals surface area contributed by atoms with Crippen LogP contribution in [0.1, 0.15) is 0 Å². The standard InChI is InChI=1S/3C31H19N3O/c1-2-10-20(11-3-1)33-26-16-8-6-14-24(26)32-31(33)34-25-15-7-4-13-23(25)29-27(34)19-18-22-21-12-5-9-17-28(21)35-30(22)29;1-2-10-20(11-3-1)33-26-16-8-6-14-24(26)32-31(33)34-25-15-7-4-12-21(25)22-18-19-28-29(30(22)34)23-13-5-9-17-27(23)35-28;1-2-10-20(11-3-1)33-25-16-8-6-14-23(25)32-31(33)34-24-15-7-4-12-21(24)29-26(34)18-19-28-30(29)22-13-5-9-17-27(22)35-28/h3*1-19H. The fourth-order valence-corrected chi connectivity index (χ4v) is 16.4. The summed E-state index contributed by atoms with van der Waals surface area (Å²) in [6.07, 6.45) is 0. The zero-order chi connectivity index (χ0) is 68.8.